The fourth-order valence-electron chi connectivity index (χ4n) is 1.54. The zero-order valence-electron chi connectivity index (χ0n) is 9.89. The summed E-state index contributed by atoms with van der Waals surface area (Å²) in [5, 5.41) is 0. The molecule has 1 aliphatic heterocycles. The summed E-state index contributed by atoms with van der Waals surface area (Å²) < 4.78 is 15.7. The summed E-state index contributed by atoms with van der Waals surface area (Å²) in [7, 11) is 1.55. The molecule has 18 heavy (non-hydrogen) atoms. The van der Waals surface area contributed by atoms with Crippen molar-refractivity contribution in [2.75, 3.05) is 20.5 Å². The SMILES string of the molecule is COc1cc(CNOCC(N)=O)cc2c1OCO2. The van der Waals surface area contributed by atoms with Gasteiger partial charge in [0.15, 0.2) is 11.5 Å². The van der Waals surface area contributed by atoms with Crippen LogP contribution >= 0.6 is 0 Å². The van der Waals surface area contributed by atoms with Crippen LogP contribution in [0.2, 0.25) is 0 Å². The van der Waals surface area contributed by atoms with Crippen molar-refractivity contribution in [3.05, 3.63) is 17.7 Å². The van der Waals surface area contributed by atoms with Crippen molar-refractivity contribution in [2.45, 2.75) is 6.54 Å². The van der Waals surface area contributed by atoms with Gasteiger partial charge < -0.3 is 19.9 Å². The Bertz CT molecular complexity index is 449. The highest BCUT2D eigenvalue weighted by molar-refractivity contribution is 5.74. The second-order valence-electron chi connectivity index (χ2n) is 3.61. The summed E-state index contributed by atoms with van der Waals surface area (Å²) in [6.45, 7) is 0.392. The molecule has 0 aliphatic carbocycles. The second-order valence-corrected chi connectivity index (χ2v) is 3.61. The number of carbonyl (C=O) groups is 1. The van der Waals surface area contributed by atoms with Crippen LogP contribution in [-0.4, -0.2) is 26.4 Å². The van der Waals surface area contributed by atoms with Crippen LogP contribution in [0.5, 0.6) is 17.2 Å². The van der Waals surface area contributed by atoms with E-state index in [1.54, 1.807) is 13.2 Å². The highest BCUT2D eigenvalue weighted by atomic mass is 16.7. The zero-order valence-corrected chi connectivity index (χ0v) is 9.89. The van der Waals surface area contributed by atoms with Crippen LogP contribution in [-0.2, 0) is 16.2 Å². The van der Waals surface area contributed by atoms with E-state index in [0.29, 0.717) is 23.8 Å². The molecule has 7 heteroatoms. The Kier molecular flexibility index (Phi) is 3.85. The molecule has 1 aromatic rings. The molecule has 1 amide bonds. The van der Waals surface area contributed by atoms with Crippen LogP contribution in [0.15, 0.2) is 12.1 Å². The molecular weight excluding hydrogens is 240 g/mol. The van der Waals surface area contributed by atoms with Crippen molar-refractivity contribution in [1.29, 1.82) is 0 Å². The molecule has 0 aromatic heterocycles. The van der Waals surface area contributed by atoms with Crippen molar-refractivity contribution in [3.63, 3.8) is 0 Å². The van der Waals surface area contributed by atoms with E-state index in [0.717, 1.165) is 5.56 Å². The third-order valence-electron chi connectivity index (χ3n) is 2.31. The number of hydroxylamine groups is 1. The molecule has 0 atom stereocenters. The van der Waals surface area contributed by atoms with Gasteiger partial charge in [0, 0.05) is 6.54 Å². The summed E-state index contributed by atoms with van der Waals surface area (Å²) in [6, 6.07) is 3.61. The Labute approximate surface area is 104 Å². The average molecular weight is 254 g/mol. The van der Waals surface area contributed by atoms with Crippen molar-refractivity contribution in [3.8, 4) is 17.2 Å². The van der Waals surface area contributed by atoms with Gasteiger partial charge in [-0.3, -0.25) is 9.63 Å². The van der Waals surface area contributed by atoms with Gasteiger partial charge in [0.05, 0.1) is 7.11 Å². The van der Waals surface area contributed by atoms with E-state index in [2.05, 4.69) is 5.48 Å². The van der Waals surface area contributed by atoms with Gasteiger partial charge in [0.1, 0.15) is 6.61 Å². The van der Waals surface area contributed by atoms with Gasteiger partial charge in [-0.05, 0) is 17.7 Å². The number of benzene rings is 1. The first-order valence-electron chi connectivity index (χ1n) is 5.30. The Morgan fingerprint density at radius 3 is 3.06 bits per heavy atom. The molecule has 1 aliphatic rings. The van der Waals surface area contributed by atoms with Crippen LogP contribution in [0.1, 0.15) is 5.56 Å². The number of hydrogen-bond donors (Lipinski definition) is 2. The van der Waals surface area contributed by atoms with E-state index in [4.69, 9.17) is 24.8 Å². The maximum atomic E-state index is 10.5. The molecular formula is C11H14N2O5. The van der Waals surface area contributed by atoms with E-state index in [9.17, 15) is 4.79 Å². The summed E-state index contributed by atoms with van der Waals surface area (Å²) in [6.07, 6.45) is 0. The Morgan fingerprint density at radius 1 is 1.50 bits per heavy atom. The van der Waals surface area contributed by atoms with E-state index in [1.165, 1.54) is 0 Å². The molecule has 0 radical (unpaired) electrons. The van der Waals surface area contributed by atoms with Gasteiger partial charge in [-0.25, -0.2) is 0 Å². The van der Waals surface area contributed by atoms with E-state index in [1.807, 2.05) is 6.07 Å². The highest BCUT2D eigenvalue weighted by Gasteiger charge is 2.19. The van der Waals surface area contributed by atoms with Gasteiger partial charge in [-0.2, -0.15) is 5.48 Å². The number of carbonyl (C=O) groups excluding carboxylic acids is 1. The lowest BCUT2D eigenvalue weighted by Gasteiger charge is -2.09. The number of ether oxygens (including phenoxy) is 3. The lowest BCUT2D eigenvalue weighted by atomic mass is 10.2. The first-order chi connectivity index (χ1) is 8.70. The van der Waals surface area contributed by atoms with Crippen molar-refractivity contribution < 1.29 is 23.8 Å². The molecule has 2 rings (SSSR count). The number of nitrogens with one attached hydrogen (secondary N) is 1. The molecule has 0 saturated heterocycles. The number of fused-ring (bicyclic) bond motifs is 1. The molecule has 3 N–H and O–H groups in total. The minimum absolute atomic E-state index is 0.179. The Morgan fingerprint density at radius 2 is 2.33 bits per heavy atom. The fourth-order valence-corrected chi connectivity index (χ4v) is 1.54. The predicted octanol–water partition coefficient (Wildman–Crippen LogP) is -0.0696. The van der Waals surface area contributed by atoms with E-state index >= 15 is 0 Å². The molecule has 98 valence electrons. The van der Waals surface area contributed by atoms with Gasteiger partial charge >= 0.3 is 0 Å². The molecule has 1 heterocycles. The maximum Gasteiger partial charge on any atom is 0.245 e. The van der Waals surface area contributed by atoms with E-state index in [-0.39, 0.29) is 13.4 Å². The number of rotatable bonds is 6. The first-order valence-corrected chi connectivity index (χ1v) is 5.30. The molecule has 0 spiro atoms. The average Bonchev–Trinajstić information content (AvgIpc) is 2.81. The molecule has 1 aromatic carbocycles. The van der Waals surface area contributed by atoms with Crippen molar-refractivity contribution in [2.24, 2.45) is 5.73 Å². The molecule has 0 unspecified atom stereocenters. The lowest BCUT2D eigenvalue weighted by Crippen LogP contribution is -2.24. The molecule has 0 bridgehead atoms. The second kappa shape index (κ2) is 5.56. The van der Waals surface area contributed by atoms with Crippen LogP contribution < -0.4 is 25.4 Å². The van der Waals surface area contributed by atoms with Crippen LogP contribution in [0.25, 0.3) is 0 Å². The number of primary amides is 1. The standard InChI is InChI=1S/C11H14N2O5/c1-15-8-2-7(4-13-18-5-10(12)14)3-9-11(8)17-6-16-9/h2-3,13H,4-6H2,1H3,(H2,12,14). The topological polar surface area (TPSA) is 92.0 Å². The van der Waals surface area contributed by atoms with E-state index < -0.39 is 5.91 Å². The largest absolute Gasteiger partial charge is 0.493 e. The minimum atomic E-state index is -0.536. The Hall–Kier alpha value is -1.99. The molecule has 0 saturated carbocycles. The number of methoxy groups -OCH3 is 1. The lowest BCUT2D eigenvalue weighted by molar-refractivity contribution is -0.125. The van der Waals surface area contributed by atoms with Crippen LogP contribution in [0.4, 0.5) is 0 Å². The summed E-state index contributed by atoms with van der Waals surface area (Å²) in [5.41, 5.74) is 8.43. The van der Waals surface area contributed by atoms with Gasteiger partial charge in [-0.15, -0.1) is 0 Å². The normalized spacial score (nSPS) is 12.5. The third kappa shape index (κ3) is 2.82. The van der Waals surface area contributed by atoms with Crippen molar-refractivity contribution in [1.82, 2.24) is 5.48 Å². The quantitative estimate of drug-likeness (QED) is 0.545. The van der Waals surface area contributed by atoms with Crippen LogP contribution in [0.3, 0.4) is 0 Å². The van der Waals surface area contributed by atoms with Crippen molar-refractivity contribution >= 4 is 5.91 Å². The van der Waals surface area contributed by atoms with Gasteiger partial charge in [-0.1, -0.05) is 0 Å². The predicted molar refractivity (Wildman–Crippen MR) is 61.1 cm³/mol. The summed E-state index contributed by atoms with van der Waals surface area (Å²) in [4.78, 5) is 15.3. The minimum Gasteiger partial charge on any atom is -0.493 e. The fraction of sp³-hybridized carbons (Fsp3) is 0.364. The Balaban J connectivity index is 1.99. The monoisotopic (exact) mass is 254 g/mol. The number of amides is 1. The first kappa shape index (κ1) is 12.5. The third-order valence-corrected chi connectivity index (χ3v) is 2.31. The number of hydrogen-bond acceptors (Lipinski definition) is 6. The maximum absolute atomic E-state index is 10.5. The van der Waals surface area contributed by atoms with Crippen LogP contribution in [0, 0.1) is 0 Å². The van der Waals surface area contributed by atoms with Gasteiger partial charge in [0.2, 0.25) is 18.4 Å². The smallest absolute Gasteiger partial charge is 0.245 e. The number of nitrogens with two attached hydrogens (primary N) is 1. The summed E-state index contributed by atoms with van der Waals surface area (Å²) in [5.74, 6) is 1.28. The van der Waals surface area contributed by atoms with Gasteiger partial charge in [0.25, 0.3) is 0 Å². The highest BCUT2D eigenvalue weighted by Crippen LogP contribution is 2.41. The molecule has 0 fully saturated rings. The summed E-state index contributed by atoms with van der Waals surface area (Å²) >= 11 is 0. The zero-order chi connectivity index (χ0) is 13.0. The molecule has 7 nitrogen and oxygen atoms in total.